The predicted molar refractivity (Wildman–Crippen MR) is 113 cm³/mol. The van der Waals surface area contributed by atoms with E-state index in [0.29, 0.717) is 41.1 Å². The second kappa shape index (κ2) is 8.03. The minimum atomic E-state index is -0.431. The predicted octanol–water partition coefficient (Wildman–Crippen LogP) is 4.59. The number of carbonyl (C=O) groups is 2. The molecule has 156 valence electrons. The van der Waals surface area contributed by atoms with Gasteiger partial charge in [0, 0.05) is 35.1 Å². The first-order valence-corrected chi connectivity index (χ1v) is 10.1. The summed E-state index contributed by atoms with van der Waals surface area (Å²) >= 11 is 6.15. The number of hydrogen-bond donors (Lipinski definition) is 1. The lowest BCUT2D eigenvalue weighted by Crippen LogP contribution is -2.40. The fraction of sp³-hybridized carbons (Fsp3) is 0.304. The molecule has 7 heteroatoms. The van der Waals surface area contributed by atoms with E-state index in [1.807, 2.05) is 6.07 Å². The molecule has 0 aromatic heterocycles. The van der Waals surface area contributed by atoms with Crippen molar-refractivity contribution in [2.45, 2.75) is 31.6 Å². The van der Waals surface area contributed by atoms with Gasteiger partial charge in [-0.25, -0.2) is 0 Å². The topological polar surface area (TPSA) is 76.1 Å². The van der Waals surface area contributed by atoms with Crippen LogP contribution in [0.5, 0.6) is 17.2 Å². The Balaban J connectivity index is 1.88. The Morgan fingerprint density at radius 1 is 1.07 bits per heavy atom. The molecule has 30 heavy (non-hydrogen) atoms. The highest BCUT2D eigenvalue weighted by molar-refractivity contribution is 6.31. The van der Waals surface area contributed by atoms with Gasteiger partial charge < -0.3 is 14.6 Å². The molecule has 1 heterocycles. The number of ketones is 1. The summed E-state index contributed by atoms with van der Waals surface area (Å²) in [5, 5.41) is 10.8. The van der Waals surface area contributed by atoms with Crippen LogP contribution in [0.1, 0.15) is 37.2 Å². The summed E-state index contributed by atoms with van der Waals surface area (Å²) in [6.07, 6.45) is 1.88. The summed E-state index contributed by atoms with van der Waals surface area (Å²) in [5.74, 6) is -0.151. The van der Waals surface area contributed by atoms with Crippen molar-refractivity contribution >= 4 is 29.0 Å². The van der Waals surface area contributed by atoms with Gasteiger partial charge in [-0.1, -0.05) is 17.7 Å². The molecule has 6 nitrogen and oxygen atoms in total. The number of methoxy groups -OCH3 is 2. The van der Waals surface area contributed by atoms with Crippen molar-refractivity contribution in [1.82, 2.24) is 0 Å². The Hall–Kier alpha value is -2.99. The highest BCUT2D eigenvalue weighted by Gasteiger charge is 2.40. The Kier molecular flexibility index (Phi) is 5.43. The number of carbonyl (C=O) groups excluding carboxylic acids is 2. The minimum absolute atomic E-state index is 0.0341. The van der Waals surface area contributed by atoms with Crippen molar-refractivity contribution in [3.8, 4) is 17.2 Å². The quantitative estimate of drug-likeness (QED) is 0.772. The van der Waals surface area contributed by atoms with Gasteiger partial charge in [-0.05, 0) is 48.7 Å². The van der Waals surface area contributed by atoms with Crippen LogP contribution in [-0.2, 0) is 9.59 Å². The third-order valence-electron chi connectivity index (χ3n) is 5.65. The van der Waals surface area contributed by atoms with Crippen LogP contribution in [0, 0.1) is 0 Å². The molecule has 0 spiro atoms. The largest absolute Gasteiger partial charge is 0.502 e. The first-order chi connectivity index (χ1) is 14.4. The maximum atomic E-state index is 13.3. The average molecular weight is 428 g/mol. The minimum Gasteiger partial charge on any atom is -0.502 e. The second-order valence-electron chi connectivity index (χ2n) is 7.38. The number of amides is 1. The number of allylic oxidation sites excluding steroid dienone is 2. The van der Waals surface area contributed by atoms with Crippen LogP contribution in [0.25, 0.3) is 0 Å². The molecule has 0 radical (unpaired) electrons. The molecule has 2 aliphatic rings. The SMILES string of the molecule is COc1cc(C2CC(=O)N(c3cccc(Cl)c3)C3=C2C(=O)CCC3)cc(OC)c1O. The normalized spacial score (nSPS) is 19.0. The highest BCUT2D eigenvalue weighted by Crippen LogP contribution is 2.47. The zero-order valence-corrected chi connectivity index (χ0v) is 17.5. The van der Waals surface area contributed by atoms with Crippen molar-refractivity contribution in [1.29, 1.82) is 0 Å². The van der Waals surface area contributed by atoms with E-state index in [4.69, 9.17) is 21.1 Å². The lowest BCUT2D eigenvalue weighted by atomic mass is 9.77. The van der Waals surface area contributed by atoms with E-state index in [2.05, 4.69) is 0 Å². The second-order valence-corrected chi connectivity index (χ2v) is 7.81. The number of phenolic OH excluding ortho intramolecular Hbond substituents is 1. The zero-order chi connectivity index (χ0) is 21.4. The van der Waals surface area contributed by atoms with E-state index in [1.54, 1.807) is 35.2 Å². The fourth-order valence-corrected chi connectivity index (χ4v) is 4.49. The van der Waals surface area contributed by atoms with Crippen LogP contribution in [-0.4, -0.2) is 31.0 Å². The monoisotopic (exact) mass is 427 g/mol. The Bertz CT molecular complexity index is 1040. The molecule has 0 bridgehead atoms. The van der Waals surface area contributed by atoms with E-state index in [1.165, 1.54) is 14.2 Å². The van der Waals surface area contributed by atoms with E-state index in [-0.39, 0.29) is 35.4 Å². The molecular formula is C23H22ClNO5. The standard InChI is InChI=1S/C23H22ClNO5/c1-29-19-9-13(10-20(30-2)23(19)28)16-12-21(27)25(15-6-3-5-14(24)11-15)17-7-4-8-18(26)22(16)17/h3,5-6,9-11,16,28H,4,7-8,12H2,1-2H3. The molecule has 0 fully saturated rings. The van der Waals surface area contributed by atoms with Gasteiger partial charge in [-0.2, -0.15) is 0 Å². The van der Waals surface area contributed by atoms with Gasteiger partial charge in [-0.3, -0.25) is 14.5 Å². The Labute approximate surface area is 179 Å². The number of ether oxygens (including phenoxy) is 2. The molecule has 4 rings (SSSR count). The molecule has 2 aromatic carbocycles. The summed E-state index contributed by atoms with van der Waals surface area (Å²) in [5.41, 5.74) is 2.72. The smallest absolute Gasteiger partial charge is 0.232 e. The molecule has 1 atom stereocenters. The van der Waals surface area contributed by atoms with Crippen LogP contribution < -0.4 is 14.4 Å². The van der Waals surface area contributed by atoms with E-state index >= 15 is 0 Å². The molecular weight excluding hydrogens is 406 g/mol. The van der Waals surface area contributed by atoms with Gasteiger partial charge >= 0.3 is 0 Å². The molecule has 1 amide bonds. The molecule has 1 aliphatic carbocycles. The summed E-state index contributed by atoms with van der Waals surface area (Å²) in [6, 6.07) is 10.4. The summed E-state index contributed by atoms with van der Waals surface area (Å²) in [6.45, 7) is 0. The fourth-order valence-electron chi connectivity index (χ4n) is 4.31. The number of phenols is 1. The summed E-state index contributed by atoms with van der Waals surface area (Å²) < 4.78 is 10.5. The number of Topliss-reactive ketones (excluding diaryl/α,β-unsaturated/α-hetero) is 1. The number of aromatic hydroxyl groups is 1. The van der Waals surface area contributed by atoms with Gasteiger partial charge in [0.25, 0.3) is 0 Å². The molecule has 1 N–H and O–H groups in total. The number of rotatable bonds is 4. The maximum absolute atomic E-state index is 13.3. The molecule has 0 saturated carbocycles. The van der Waals surface area contributed by atoms with Gasteiger partial charge in [-0.15, -0.1) is 0 Å². The maximum Gasteiger partial charge on any atom is 0.232 e. The third-order valence-corrected chi connectivity index (χ3v) is 5.88. The molecule has 1 unspecified atom stereocenters. The van der Waals surface area contributed by atoms with Crippen LogP contribution in [0.4, 0.5) is 5.69 Å². The van der Waals surface area contributed by atoms with Crippen LogP contribution in [0.2, 0.25) is 5.02 Å². The van der Waals surface area contributed by atoms with Crippen LogP contribution in [0.15, 0.2) is 47.7 Å². The first-order valence-electron chi connectivity index (χ1n) is 9.74. The number of halogens is 1. The summed E-state index contributed by atoms with van der Waals surface area (Å²) in [4.78, 5) is 27.9. The van der Waals surface area contributed by atoms with Gasteiger partial charge in [0.05, 0.1) is 19.9 Å². The number of hydrogen-bond acceptors (Lipinski definition) is 5. The average Bonchev–Trinajstić information content (AvgIpc) is 2.73. The number of anilines is 1. The van der Waals surface area contributed by atoms with Crippen molar-refractivity contribution < 1.29 is 24.2 Å². The molecule has 1 aliphatic heterocycles. The van der Waals surface area contributed by atoms with Crippen molar-refractivity contribution in [3.63, 3.8) is 0 Å². The van der Waals surface area contributed by atoms with Crippen LogP contribution >= 0.6 is 11.6 Å². The van der Waals surface area contributed by atoms with Crippen molar-refractivity contribution in [3.05, 3.63) is 58.3 Å². The Morgan fingerprint density at radius 3 is 2.40 bits per heavy atom. The lowest BCUT2D eigenvalue weighted by molar-refractivity contribution is -0.119. The van der Waals surface area contributed by atoms with Gasteiger partial charge in [0.15, 0.2) is 17.3 Å². The van der Waals surface area contributed by atoms with Crippen LogP contribution in [0.3, 0.4) is 0 Å². The molecule has 2 aromatic rings. The number of nitrogens with zero attached hydrogens (tertiary/aromatic N) is 1. The van der Waals surface area contributed by atoms with Gasteiger partial charge in [0.2, 0.25) is 11.7 Å². The lowest BCUT2D eigenvalue weighted by Gasteiger charge is -2.38. The highest BCUT2D eigenvalue weighted by atomic mass is 35.5. The number of benzene rings is 2. The van der Waals surface area contributed by atoms with Crippen molar-refractivity contribution in [2.75, 3.05) is 19.1 Å². The first kappa shape index (κ1) is 20.3. The molecule has 0 saturated heterocycles. The van der Waals surface area contributed by atoms with E-state index < -0.39 is 5.92 Å². The van der Waals surface area contributed by atoms with Crippen molar-refractivity contribution in [2.24, 2.45) is 0 Å². The van der Waals surface area contributed by atoms with Gasteiger partial charge in [0.1, 0.15) is 0 Å². The van der Waals surface area contributed by atoms with E-state index in [0.717, 1.165) is 5.70 Å². The third kappa shape index (κ3) is 3.41. The zero-order valence-electron chi connectivity index (χ0n) is 16.8. The summed E-state index contributed by atoms with van der Waals surface area (Å²) in [7, 11) is 2.89. The Morgan fingerprint density at radius 2 is 1.77 bits per heavy atom. The van der Waals surface area contributed by atoms with E-state index in [9.17, 15) is 14.7 Å².